The predicted octanol–water partition coefficient (Wildman–Crippen LogP) is 5.48. The van der Waals surface area contributed by atoms with Crippen LogP contribution in [0, 0.1) is 0 Å². The first kappa shape index (κ1) is 22.8. The zero-order valence-electron chi connectivity index (χ0n) is 17.2. The molecule has 0 atom stereocenters. The molecule has 3 aromatic rings. The summed E-state index contributed by atoms with van der Waals surface area (Å²) in [5.41, 5.74) is 1.35. The molecular formula is C24H24ClNO4S. The minimum Gasteiger partial charge on any atom is -0.482 e. The molecule has 0 aromatic heterocycles. The molecule has 0 saturated carbocycles. The summed E-state index contributed by atoms with van der Waals surface area (Å²) in [7, 11) is -4.13. The summed E-state index contributed by atoms with van der Waals surface area (Å²) >= 11 is 6.08. The Kier molecular flexibility index (Phi) is 7.71. The number of halogens is 1. The van der Waals surface area contributed by atoms with Crippen molar-refractivity contribution in [2.24, 2.45) is 0 Å². The molecule has 0 fully saturated rings. The summed E-state index contributed by atoms with van der Waals surface area (Å²) in [4.78, 5) is 13.1. The van der Waals surface area contributed by atoms with E-state index < -0.39 is 22.5 Å². The molecular weight excluding hydrogens is 434 g/mol. The van der Waals surface area contributed by atoms with Crippen molar-refractivity contribution in [3.8, 4) is 5.75 Å². The van der Waals surface area contributed by atoms with E-state index in [1.807, 2.05) is 12.1 Å². The van der Waals surface area contributed by atoms with Crippen molar-refractivity contribution >= 4 is 33.2 Å². The minimum atomic E-state index is -4.13. The van der Waals surface area contributed by atoms with Crippen LogP contribution < -0.4 is 9.04 Å². The number of rotatable bonds is 9. The number of carbonyl (C=O) groups is 1. The first-order valence-electron chi connectivity index (χ1n) is 10.0. The largest absolute Gasteiger partial charge is 0.482 e. The fourth-order valence-electron chi connectivity index (χ4n) is 3.05. The Morgan fingerprint density at radius 3 is 2.23 bits per heavy atom. The highest BCUT2D eigenvalue weighted by molar-refractivity contribution is 7.93. The van der Waals surface area contributed by atoms with Crippen molar-refractivity contribution in [3.05, 3.63) is 89.4 Å². The fourth-order valence-corrected chi connectivity index (χ4v) is 4.68. The summed E-state index contributed by atoms with van der Waals surface area (Å²) in [6.45, 7) is 1.63. The minimum absolute atomic E-state index is 0.0242. The van der Waals surface area contributed by atoms with Crippen LogP contribution in [0.4, 0.5) is 5.69 Å². The average Bonchev–Trinajstić information content (AvgIpc) is 2.78. The molecule has 0 unspecified atom stereocenters. The quantitative estimate of drug-likeness (QED) is 0.426. The van der Waals surface area contributed by atoms with Gasteiger partial charge in [-0.2, -0.15) is 4.31 Å². The fraction of sp³-hybridized carbons (Fsp3) is 0.208. The lowest BCUT2D eigenvalue weighted by molar-refractivity contribution is -0.119. The number of hydrogen-bond acceptors (Lipinski definition) is 4. The molecule has 0 aliphatic heterocycles. The lowest BCUT2D eigenvalue weighted by Crippen LogP contribution is -2.40. The summed E-state index contributed by atoms with van der Waals surface area (Å²) < 4.78 is 33.0. The van der Waals surface area contributed by atoms with Gasteiger partial charge in [-0.3, -0.25) is 4.79 Å². The Balaban J connectivity index is 1.92. The molecule has 7 heteroatoms. The molecule has 0 N–H and O–H groups in total. The van der Waals surface area contributed by atoms with Crippen LogP contribution in [-0.2, 0) is 21.2 Å². The maximum absolute atomic E-state index is 13.3. The zero-order valence-corrected chi connectivity index (χ0v) is 18.8. The van der Waals surface area contributed by atoms with Gasteiger partial charge in [-0.1, -0.05) is 67.4 Å². The van der Waals surface area contributed by atoms with Gasteiger partial charge in [-0.05, 0) is 54.8 Å². The average molecular weight is 458 g/mol. The van der Waals surface area contributed by atoms with Crippen molar-refractivity contribution in [1.29, 1.82) is 0 Å². The van der Waals surface area contributed by atoms with E-state index in [9.17, 15) is 13.2 Å². The third-order valence-corrected chi connectivity index (χ3v) is 6.76. The van der Waals surface area contributed by atoms with Gasteiger partial charge in [0.05, 0.1) is 15.6 Å². The number of sulfonamides is 1. The Morgan fingerprint density at radius 1 is 0.935 bits per heavy atom. The summed E-state index contributed by atoms with van der Waals surface area (Å²) in [6, 6.07) is 21.6. The third-order valence-electron chi connectivity index (χ3n) is 4.69. The zero-order chi connectivity index (χ0) is 22.3. The Bertz CT molecular complexity index is 1120. The molecule has 31 heavy (non-hydrogen) atoms. The van der Waals surface area contributed by atoms with Crippen molar-refractivity contribution in [2.75, 3.05) is 10.9 Å². The number of anilines is 1. The molecule has 0 aliphatic rings. The van der Waals surface area contributed by atoms with Gasteiger partial charge in [-0.15, -0.1) is 0 Å². The van der Waals surface area contributed by atoms with Crippen LogP contribution in [-0.4, -0.2) is 20.9 Å². The van der Waals surface area contributed by atoms with Gasteiger partial charge in [0, 0.05) is 0 Å². The number of amides is 1. The molecule has 0 bridgehead atoms. The molecule has 1 amide bonds. The van der Waals surface area contributed by atoms with Crippen molar-refractivity contribution < 1.29 is 17.9 Å². The monoisotopic (exact) mass is 457 g/mol. The normalized spacial score (nSPS) is 11.2. The van der Waals surface area contributed by atoms with Gasteiger partial charge >= 0.3 is 0 Å². The maximum Gasteiger partial charge on any atom is 0.278 e. The molecule has 5 nitrogen and oxygen atoms in total. The second kappa shape index (κ2) is 10.5. The van der Waals surface area contributed by atoms with Gasteiger partial charge < -0.3 is 4.74 Å². The van der Waals surface area contributed by atoms with Crippen LogP contribution >= 0.6 is 11.6 Å². The highest BCUT2D eigenvalue weighted by Crippen LogP contribution is 2.27. The number of ether oxygens (including phenoxy) is 1. The van der Waals surface area contributed by atoms with E-state index in [1.54, 1.807) is 54.6 Å². The first-order chi connectivity index (χ1) is 14.9. The Morgan fingerprint density at radius 2 is 1.58 bits per heavy atom. The van der Waals surface area contributed by atoms with E-state index in [0.717, 1.165) is 29.1 Å². The third kappa shape index (κ3) is 5.66. The van der Waals surface area contributed by atoms with Crippen LogP contribution in [0.15, 0.2) is 83.8 Å². The number of carbonyl (C=O) groups excluding carboxylic acids is 1. The number of unbranched alkanes of at least 4 members (excludes halogenated alkanes) is 1. The predicted molar refractivity (Wildman–Crippen MR) is 123 cm³/mol. The number of benzene rings is 3. The van der Waals surface area contributed by atoms with Crippen molar-refractivity contribution in [1.82, 2.24) is 0 Å². The van der Waals surface area contributed by atoms with Gasteiger partial charge in [0.1, 0.15) is 5.75 Å². The summed E-state index contributed by atoms with van der Waals surface area (Å²) in [5.74, 6) is -0.408. The van der Waals surface area contributed by atoms with Crippen LogP contribution in [0.3, 0.4) is 0 Å². The molecule has 3 rings (SSSR count). The first-order valence-corrected chi connectivity index (χ1v) is 11.8. The standard InChI is InChI=1S/C24H24ClNO4S/c1-2-3-9-19-14-16-20(17-15-19)26(31(28,29)21-10-5-4-6-11-21)24(27)18-30-23-13-8-7-12-22(23)25/h4-8,10-17H,2-3,9,18H2,1H3. The van der Waals surface area contributed by atoms with Crippen molar-refractivity contribution in [3.63, 3.8) is 0 Å². The van der Waals surface area contributed by atoms with E-state index in [2.05, 4.69) is 6.92 Å². The van der Waals surface area contributed by atoms with Crippen molar-refractivity contribution in [2.45, 2.75) is 31.1 Å². The Hall–Kier alpha value is -2.83. The van der Waals surface area contributed by atoms with E-state index in [-0.39, 0.29) is 10.6 Å². The lowest BCUT2D eigenvalue weighted by atomic mass is 10.1. The second-order valence-corrected chi connectivity index (χ2v) is 9.16. The van der Waals surface area contributed by atoms with Crippen LogP contribution in [0.5, 0.6) is 5.75 Å². The SMILES string of the molecule is CCCCc1ccc(N(C(=O)COc2ccccc2Cl)S(=O)(=O)c2ccccc2)cc1. The molecule has 162 valence electrons. The summed E-state index contributed by atoms with van der Waals surface area (Å²) in [5, 5.41) is 0.341. The number of hydrogen-bond donors (Lipinski definition) is 0. The van der Waals surface area contributed by atoms with Gasteiger partial charge in [0.15, 0.2) is 6.61 Å². The van der Waals surface area contributed by atoms with Crippen LogP contribution in [0.25, 0.3) is 0 Å². The molecule has 0 heterocycles. The van der Waals surface area contributed by atoms with Crippen LogP contribution in [0.1, 0.15) is 25.3 Å². The van der Waals surface area contributed by atoms with Gasteiger partial charge in [0.25, 0.3) is 15.9 Å². The Labute approximate surface area is 188 Å². The topological polar surface area (TPSA) is 63.7 Å². The highest BCUT2D eigenvalue weighted by atomic mass is 35.5. The maximum atomic E-state index is 13.3. The number of aryl methyl sites for hydroxylation is 1. The molecule has 3 aromatic carbocycles. The summed E-state index contributed by atoms with van der Waals surface area (Å²) in [6.07, 6.45) is 3.00. The lowest BCUT2D eigenvalue weighted by Gasteiger charge is -2.23. The van der Waals surface area contributed by atoms with Crippen LogP contribution in [0.2, 0.25) is 5.02 Å². The number of nitrogens with zero attached hydrogens (tertiary/aromatic N) is 1. The van der Waals surface area contributed by atoms with Gasteiger partial charge in [-0.25, -0.2) is 8.42 Å². The number of para-hydroxylation sites is 1. The highest BCUT2D eigenvalue weighted by Gasteiger charge is 2.31. The molecule has 0 spiro atoms. The van der Waals surface area contributed by atoms with E-state index in [1.165, 1.54) is 12.1 Å². The second-order valence-electron chi connectivity index (χ2n) is 6.97. The molecule has 0 radical (unpaired) electrons. The van der Waals surface area contributed by atoms with E-state index in [0.29, 0.717) is 10.8 Å². The van der Waals surface area contributed by atoms with Gasteiger partial charge in [0.2, 0.25) is 0 Å². The van der Waals surface area contributed by atoms with E-state index in [4.69, 9.17) is 16.3 Å². The smallest absolute Gasteiger partial charge is 0.278 e. The molecule has 0 aliphatic carbocycles. The van der Waals surface area contributed by atoms with E-state index >= 15 is 0 Å². The molecule has 0 saturated heterocycles.